The highest BCUT2D eigenvalue weighted by Gasteiger charge is 2.25. The molecule has 0 amide bonds. The molecular weight excluding hydrogens is 550 g/mol. The monoisotopic (exact) mass is 573 g/mol. The van der Waals surface area contributed by atoms with Crippen molar-refractivity contribution in [2.24, 2.45) is 0 Å². The minimum Gasteiger partial charge on any atom is -0.495 e. The second-order valence-corrected chi connectivity index (χ2v) is 10.5. The summed E-state index contributed by atoms with van der Waals surface area (Å²) in [5.41, 5.74) is 2.27. The highest BCUT2D eigenvalue weighted by atomic mass is 79.9. The molecule has 0 radical (unpaired) electrons. The second-order valence-electron chi connectivity index (χ2n) is 7.34. The Labute approximate surface area is 213 Å². The third kappa shape index (κ3) is 5.63. The summed E-state index contributed by atoms with van der Waals surface area (Å²) in [6.07, 6.45) is 2.91. The molecule has 33 heavy (non-hydrogen) atoms. The van der Waals surface area contributed by atoms with E-state index in [1.165, 1.54) is 11.3 Å². The van der Waals surface area contributed by atoms with E-state index in [1.54, 1.807) is 54.9 Å². The first-order valence-electron chi connectivity index (χ1n) is 10.2. The van der Waals surface area contributed by atoms with Crippen molar-refractivity contribution >= 4 is 60.8 Å². The summed E-state index contributed by atoms with van der Waals surface area (Å²) in [5, 5.41) is 6.26. The van der Waals surface area contributed by atoms with Crippen LogP contribution in [0, 0.1) is 0 Å². The maximum atomic E-state index is 12.8. The van der Waals surface area contributed by atoms with Crippen molar-refractivity contribution in [3.05, 3.63) is 46.8 Å². The number of hydrogen-bond acceptors (Lipinski definition) is 7. The number of piperidine rings is 1. The fourth-order valence-electron chi connectivity index (χ4n) is 3.59. The lowest BCUT2D eigenvalue weighted by molar-refractivity contribution is 0.346. The molecule has 1 saturated heterocycles. The quantitative estimate of drug-likeness (QED) is 0.374. The molecule has 0 atom stereocenters. The van der Waals surface area contributed by atoms with Crippen LogP contribution in [-0.4, -0.2) is 45.0 Å². The van der Waals surface area contributed by atoms with Gasteiger partial charge < -0.3 is 14.8 Å². The molecule has 11 heteroatoms. The van der Waals surface area contributed by atoms with Crippen LogP contribution in [0.3, 0.4) is 0 Å². The number of halogens is 2. The first-order chi connectivity index (χ1) is 15.4. The summed E-state index contributed by atoms with van der Waals surface area (Å²) in [5.74, 6) is 1.09. The van der Waals surface area contributed by atoms with Crippen LogP contribution in [0.4, 0.5) is 10.8 Å². The first kappa shape index (κ1) is 25.8. The molecule has 0 spiro atoms. The average molecular weight is 575 g/mol. The molecule has 2 aromatic carbocycles. The van der Waals surface area contributed by atoms with E-state index in [-0.39, 0.29) is 17.0 Å². The standard InChI is InChI=1S/C22H24ClN3O4S2.BrH/c1-29-20-13-18(21(30-2)12-17(20)23)24-22-25-19(14-31-22)15-6-8-16(9-7-15)32(27,28)26-10-4-3-5-11-26;/h6-9,12-14H,3-5,10-11H2,1-2H3,(H,24,25);1H. The Kier molecular flexibility index (Phi) is 8.63. The van der Waals surface area contributed by atoms with Gasteiger partial charge in [-0.05, 0) is 25.0 Å². The SMILES string of the molecule is Br.COc1cc(Nc2nc(-c3ccc(S(=O)(=O)N4CCCCC4)cc3)cs2)c(OC)cc1Cl. The Morgan fingerprint density at radius 1 is 1.03 bits per heavy atom. The summed E-state index contributed by atoms with van der Waals surface area (Å²) in [7, 11) is -0.332. The van der Waals surface area contributed by atoms with E-state index in [4.69, 9.17) is 21.1 Å². The van der Waals surface area contributed by atoms with Gasteiger partial charge in [-0.25, -0.2) is 13.4 Å². The van der Waals surface area contributed by atoms with E-state index in [1.807, 2.05) is 5.38 Å². The van der Waals surface area contributed by atoms with Gasteiger partial charge in [-0.2, -0.15) is 4.31 Å². The van der Waals surface area contributed by atoms with Crippen molar-refractivity contribution in [1.29, 1.82) is 0 Å². The molecule has 0 aliphatic carbocycles. The van der Waals surface area contributed by atoms with Crippen molar-refractivity contribution in [3.8, 4) is 22.8 Å². The highest BCUT2D eigenvalue weighted by molar-refractivity contribution is 8.93. The molecule has 0 bridgehead atoms. The van der Waals surface area contributed by atoms with Gasteiger partial charge in [-0.15, -0.1) is 28.3 Å². The third-order valence-corrected chi connectivity index (χ3v) is 8.29. The van der Waals surface area contributed by atoms with Crippen molar-refractivity contribution in [2.45, 2.75) is 24.2 Å². The summed E-state index contributed by atoms with van der Waals surface area (Å²) in [4.78, 5) is 4.94. The number of thiazole rings is 1. The number of aromatic nitrogens is 1. The Morgan fingerprint density at radius 2 is 1.70 bits per heavy atom. The van der Waals surface area contributed by atoms with Crippen LogP contribution in [0.1, 0.15) is 19.3 Å². The molecule has 3 aromatic rings. The van der Waals surface area contributed by atoms with Gasteiger partial charge in [0.1, 0.15) is 11.5 Å². The zero-order chi connectivity index (χ0) is 22.7. The molecule has 178 valence electrons. The van der Waals surface area contributed by atoms with E-state index in [9.17, 15) is 8.42 Å². The highest BCUT2D eigenvalue weighted by Crippen LogP contribution is 2.38. The maximum absolute atomic E-state index is 12.8. The van der Waals surface area contributed by atoms with E-state index >= 15 is 0 Å². The lowest BCUT2D eigenvalue weighted by Crippen LogP contribution is -2.35. The van der Waals surface area contributed by atoms with Gasteiger partial charge in [-0.3, -0.25) is 0 Å². The zero-order valence-electron chi connectivity index (χ0n) is 18.2. The minimum absolute atomic E-state index is 0. The van der Waals surface area contributed by atoms with E-state index in [0.29, 0.717) is 45.3 Å². The number of hydrogen-bond donors (Lipinski definition) is 1. The van der Waals surface area contributed by atoms with Crippen LogP contribution in [0.5, 0.6) is 11.5 Å². The summed E-state index contributed by atoms with van der Waals surface area (Å²) >= 11 is 7.60. The van der Waals surface area contributed by atoms with Crippen molar-refractivity contribution in [1.82, 2.24) is 9.29 Å². The van der Waals surface area contributed by atoms with Crippen LogP contribution in [-0.2, 0) is 10.0 Å². The number of anilines is 2. The Morgan fingerprint density at radius 3 is 2.33 bits per heavy atom. The molecule has 1 aliphatic heterocycles. The Balaban J connectivity index is 0.00000306. The smallest absolute Gasteiger partial charge is 0.243 e. The molecule has 1 N–H and O–H groups in total. The van der Waals surface area contributed by atoms with Crippen molar-refractivity contribution in [3.63, 3.8) is 0 Å². The maximum Gasteiger partial charge on any atom is 0.243 e. The summed E-state index contributed by atoms with van der Waals surface area (Å²) < 4.78 is 38.0. The minimum atomic E-state index is -3.45. The lowest BCUT2D eigenvalue weighted by Gasteiger charge is -2.25. The molecule has 7 nitrogen and oxygen atoms in total. The molecule has 1 fully saturated rings. The second kappa shape index (κ2) is 11.1. The van der Waals surface area contributed by atoms with E-state index in [2.05, 4.69) is 10.3 Å². The zero-order valence-corrected chi connectivity index (χ0v) is 22.3. The Hall–Kier alpha value is -1.85. The van der Waals surface area contributed by atoms with Crippen molar-refractivity contribution < 1.29 is 17.9 Å². The normalized spacial score (nSPS) is 14.4. The molecule has 1 aliphatic rings. The fraction of sp³-hybridized carbons (Fsp3) is 0.318. The lowest BCUT2D eigenvalue weighted by atomic mass is 10.2. The number of benzene rings is 2. The molecule has 0 unspecified atom stereocenters. The van der Waals surface area contributed by atoms with Gasteiger partial charge in [0.25, 0.3) is 0 Å². The number of ether oxygens (including phenoxy) is 2. The molecule has 1 aromatic heterocycles. The number of methoxy groups -OCH3 is 2. The van der Waals surface area contributed by atoms with Crippen molar-refractivity contribution in [2.75, 3.05) is 32.6 Å². The van der Waals surface area contributed by atoms with Gasteiger partial charge >= 0.3 is 0 Å². The van der Waals surface area contributed by atoms with Gasteiger partial charge in [0.05, 0.1) is 35.5 Å². The molecule has 0 saturated carbocycles. The van der Waals surface area contributed by atoms with Crippen LogP contribution in [0.15, 0.2) is 46.7 Å². The summed E-state index contributed by atoms with van der Waals surface area (Å²) in [6.45, 7) is 1.17. The number of nitrogens with one attached hydrogen (secondary N) is 1. The predicted octanol–water partition coefficient (Wildman–Crippen LogP) is 5.98. The van der Waals surface area contributed by atoms with Gasteiger partial charge in [0.2, 0.25) is 10.0 Å². The third-order valence-electron chi connectivity index (χ3n) is 5.32. The van der Waals surface area contributed by atoms with E-state index < -0.39 is 10.0 Å². The molecule has 4 rings (SSSR count). The van der Waals surface area contributed by atoms with Crippen LogP contribution >= 0.6 is 39.9 Å². The van der Waals surface area contributed by atoms with Crippen LogP contribution < -0.4 is 14.8 Å². The molecule has 2 heterocycles. The Bertz CT molecular complexity index is 1200. The van der Waals surface area contributed by atoms with Crippen LogP contribution in [0.2, 0.25) is 5.02 Å². The number of sulfonamides is 1. The summed E-state index contributed by atoms with van der Waals surface area (Å²) in [6, 6.07) is 10.3. The van der Waals surface area contributed by atoms with E-state index in [0.717, 1.165) is 30.5 Å². The van der Waals surface area contributed by atoms with Gasteiger partial charge in [0, 0.05) is 36.2 Å². The largest absolute Gasteiger partial charge is 0.495 e. The van der Waals surface area contributed by atoms with Gasteiger partial charge in [-0.1, -0.05) is 30.2 Å². The first-order valence-corrected chi connectivity index (χ1v) is 12.9. The average Bonchev–Trinajstić information content (AvgIpc) is 3.29. The predicted molar refractivity (Wildman–Crippen MR) is 138 cm³/mol. The molecular formula is C22H25BrClN3O4S2. The fourth-order valence-corrected chi connectivity index (χ4v) is 6.07. The topological polar surface area (TPSA) is 80.8 Å². The number of rotatable bonds is 7. The van der Waals surface area contributed by atoms with Gasteiger partial charge in [0.15, 0.2) is 5.13 Å². The van der Waals surface area contributed by atoms with Crippen LogP contribution in [0.25, 0.3) is 11.3 Å². The number of nitrogens with zero attached hydrogens (tertiary/aromatic N) is 2.